The summed E-state index contributed by atoms with van der Waals surface area (Å²) < 4.78 is 0. The number of rotatable bonds is 10. The van der Waals surface area contributed by atoms with E-state index in [-0.39, 0.29) is 5.56 Å². The molecular weight excluding hydrogens is 264 g/mol. The Morgan fingerprint density at radius 2 is 1.78 bits per heavy atom. The maximum absolute atomic E-state index is 11.0. The Balaban J connectivity index is 1.94. The summed E-state index contributed by atoms with van der Waals surface area (Å²) in [6.45, 7) is 0. The van der Waals surface area contributed by atoms with Crippen LogP contribution in [-0.4, -0.2) is 21.5 Å². The van der Waals surface area contributed by atoms with E-state index in [2.05, 4.69) is 22.6 Å². The molecule has 0 unspecified atom stereocenters. The Kier molecular flexibility index (Phi) is 9.12. The fraction of sp³-hybridized carbons (Fsp3) is 0.692. The number of hydrogen-bond acceptors (Lipinski definition) is 4. The molecule has 3 nitrogen and oxygen atoms in total. The van der Waals surface area contributed by atoms with E-state index in [0.717, 1.165) is 16.7 Å². The van der Waals surface area contributed by atoms with Gasteiger partial charge in [-0.1, -0.05) is 43.9 Å². The van der Waals surface area contributed by atoms with Gasteiger partial charge in [0.1, 0.15) is 0 Å². The SMILES string of the molecule is O=c1ccnc(SCCCCCCCCCS)[nH]1. The first-order valence-corrected chi connectivity index (χ1v) is 8.24. The highest BCUT2D eigenvalue weighted by atomic mass is 32.2. The Labute approximate surface area is 119 Å². The van der Waals surface area contributed by atoms with Crippen molar-refractivity contribution in [3.05, 3.63) is 22.6 Å². The lowest BCUT2D eigenvalue weighted by atomic mass is 10.1. The van der Waals surface area contributed by atoms with Crippen molar-refractivity contribution in [3.8, 4) is 0 Å². The summed E-state index contributed by atoms with van der Waals surface area (Å²) in [5, 5.41) is 0.733. The molecule has 0 amide bonds. The molecule has 0 bridgehead atoms. The number of nitrogens with one attached hydrogen (secondary N) is 1. The van der Waals surface area contributed by atoms with Crippen LogP contribution in [0.5, 0.6) is 0 Å². The molecule has 18 heavy (non-hydrogen) atoms. The van der Waals surface area contributed by atoms with Crippen LogP contribution in [-0.2, 0) is 0 Å². The zero-order valence-electron chi connectivity index (χ0n) is 10.7. The molecule has 0 saturated heterocycles. The lowest BCUT2D eigenvalue weighted by Gasteiger charge is -2.01. The van der Waals surface area contributed by atoms with Crippen molar-refractivity contribution in [2.24, 2.45) is 0 Å². The highest BCUT2D eigenvalue weighted by molar-refractivity contribution is 7.99. The standard InChI is InChI=1S/C13H22N2OS2/c16-12-8-9-14-13(15-12)18-11-7-5-3-1-2-4-6-10-17/h8-9,17H,1-7,10-11H2,(H,14,15,16). The summed E-state index contributed by atoms with van der Waals surface area (Å²) in [5.41, 5.74) is -0.0725. The molecule has 0 saturated carbocycles. The lowest BCUT2D eigenvalue weighted by molar-refractivity contribution is 0.605. The van der Waals surface area contributed by atoms with Gasteiger partial charge >= 0.3 is 0 Å². The first-order chi connectivity index (χ1) is 8.83. The zero-order chi connectivity index (χ0) is 13.1. The van der Waals surface area contributed by atoms with E-state index in [1.165, 1.54) is 51.0 Å². The quantitative estimate of drug-likeness (QED) is 0.299. The number of H-pyrrole nitrogens is 1. The van der Waals surface area contributed by atoms with E-state index in [0.29, 0.717) is 0 Å². The second-order valence-electron chi connectivity index (χ2n) is 4.29. The van der Waals surface area contributed by atoms with Gasteiger partial charge in [0.25, 0.3) is 5.56 Å². The normalized spacial score (nSPS) is 10.7. The number of thioether (sulfide) groups is 1. The number of aromatic nitrogens is 2. The minimum Gasteiger partial charge on any atom is -0.301 e. The maximum atomic E-state index is 11.0. The van der Waals surface area contributed by atoms with Crippen molar-refractivity contribution in [1.82, 2.24) is 9.97 Å². The van der Waals surface area contributed by atoms with Gasteiger partial charge < -0.3 is 4.98 Å². The molecule has 1 heterocycles. The third kappa shape index (κ3) is 7.82. The van der Waals surface area contributed by atoms with E-state index < -0.39 is 0 Å². The summed E-state index contributed by atoms with van der Waals surface area (Å²) in [7, 11) is 0. The second-order valence-corrected chi connectivity index (χ2v) is 5.82. The maximum Gasteiger partial charge on any atom is 0.251 e. The van der Waals surface area contributed by atoms with Gasteiger partial charge in [-0.2, -0.15) is 12.6 Å². The van der Waals surface area contributed by atoms with Crippen LogP contribution in [0.1, 0.15) is 44.9 Å². The highest BCUT2D eigenvalue weighted by Gasteiger charge is 1.96. The van der Waals surface area contributed by atoms with E-state index >= 15 is 0 Å². The van der Waals surface area contributed by atoms with Crippen molar-refractivity contribution in [3.63, 3.8) is 0 Å². The van der Waals surface area contributed by atoms with E-state index in [4.69, 9.17) is 0 Å². The molecule has 0 aliphatic heterocycles. The Hall–Kier alpha value is -0.420. The Morgan fingerprint density at radius 1 is 1.11 bits per heavy atom. The van der Waals surface area contributed by atoms with Crippen molar-refractivity contribution < 1.29 is 0 Å². The topological polar surface area (TPSA) is 45.8 Å². The largest absolute Gasteiger partial charge is 0.301 e. The molecular formula is C13H22N2OS2. The molecule has 0 radical (unpaired) electrons. The molecule has 0 atom stereocenters. The van der Waals surface area contributed by atoms with Crippen molar-refractivity contribution in [2.75, 3.05) is 11.5 Å². The molecule has 1 N–H and O–H groups in total. The van der Waals surface area contributed by atoms with Crippen LogP contribution in [0.25, 0.3) is 0 Å². The van der Waals surface area contributed by atoms with Crippen LogP contribution in [0.3, 0.4) is 0 Å². The summed E-state index contributed by atoms with van der Waals surface area (Å²) >= 11 is 5.83. The molecule has 0 aliphatic rings. The van der Waals surface area contributed by atoms with Crippen LogP contribution in [0.2, 0.25) is 0 Å². The van der Waals surface area contributed by atoms with Crippen LogP contribution >= 0.6 is 24.4 Å². The summed E-state index contributed by atoms with van der Waals surface area (Å²) in [6.07, 6.45) is 10.6. The fourth-order valence-corrected chi connectivity index (χ4v) is 2.77. The molecule has 0 aromatic carbocycles. The number of hydrogen-bond donors (Lipinski definition) is 2. The van der Waals surface area contributed by atoms with Crippen molar-refractivity contribution in [2.45, 2.75) is 50.1 Å². The van der Waals surface area contributed by atoms with Crippen LogP contribution < -0.4 is 5.56 Å². The lowest BCUT2D eigenvalue weighted by Crippen LogP contribution is -2.05. The molecule has 1 rings (SSSR count). The molecule has 1 aromatic rings. The summed E-state index contributed by atoms with van der Waals surface area (Å²) in [6, 6.07) is 1.44. The second kappa shape index (κ2) is 10.5. The first kappa shape index (κ1) is 15.6. The number of unbranched alkanes of at least 4 members (excludes halogenated alkanes) is 6. The van der Waals surface area contributed by atoms with Gasteiger partial charge in [-0.05, 0) is 18.6 Å². The van der Waals surface area contributed by atoms with Crippen LogP contribution in [0.4, 0.5) is 0 Å². The zero-order valence-corrected chi connectivity index (χ0v) is 12.4. The van der Waals surface area contributed by atoms with Crippen molar-refractivity contribution in [1.29, 1.82) is 0 Å². The number of aromatic amines is 1. The predicted molar refractivity (Wildman–Crippen MR) is 81.8 cm³/mol. The Morgan fingerprint density at radius 3 is 2.44 bits per heavy atom. The van der Waals surface area contributed by atoms with Crippen LogP contribution in [0, 0.1) is 0 Å². The molecule has 1 aromatic heterocycles. The third-order valence-corrected chi connectivity index (χ3v) is 3.98. The van der Waals surface area contributed by atoms with E-state index in [1.807, 2.05) is 0 Å². The van der Waals surface area contributed by atoms with E-state index in [9.17, 15) is 4.79 Å². The van der Waals surface area contributed by atoms with Gasteiger partial charge in [0.05, 0.1) is 0 Å². The molecule has 0 spiro atoms. The van der Waals surface area contributed by atoms with E-state index in [1.54, 1.807) is 18.0 Å². The molecule has 102 valence electrons. The smallest absolute Gasteiger partial charge is 0.251 e. The van der Waals surface area contributed by atoms with Crippen molar-refractivity contribution >= 4 is 24.4 Å². The summed E-state index contributed by atoms with van der Waals surface area (Å²) in [4.78, 5) is 17.9. The monoisotopic (exact) mass is 286 g/mol. The van der Waals surface area contributed by atoms with Crippen LogP contribution in [0.15, 0.2) is 22.2 Å². The average Bonchev–Trinajstić information content (AvgIpc) is 2.37. The number of nitrogens with zero attached hydrogens (tertiary/aromatic N) is 1. The minimum absolute atomic E-state index is 0.0725. The van der Waals surface area contributed by atoms with Gasteiger partial charge in [0, 0.05) is 18.0 Å². The minimum atomic E-state index is -0.0725. The molecule has 0 aliphatic carbocycles. The van der Waals surface area contributed by atoms with Gasteiger partial charge in [-0.15, -0.1) is 0 Å². The average molecular weight is 286 g/mol. The van der Waals surface area contributed by atoms with Gasteiger partial charge in [0.2, 0.25) is 0 Å². The molecule has 5 heteroatoms. The third-order valence-electron chi connectivity index (χ3n) is 2.69. The fourth-order valence-electron chi connectivity index (χ4n) is 1.69. The highest BCUT2D eigenvalue weighted by Crippen LogP contribution is 2.14. The van der Waals surface area contributed by atoms with Gasteiger partial charge in [-0.25, -0.2) is 4.98 Å². The summed E-state index contributed by atoms with van der Waals surface area (Å²) in [5.74, 6) is 2.04. The molecule has 0 fully saturated rings. The first-order valence-electron chi connectivity index (χ1n) is 6.62. The Bertz CT molecular complexity index is 368. The predicted octanol–water partition coefficient (Wildman–Crippen LogP) is 3.52. The van der Waals surface area contributed by atoms with Gasteiger partial charge in [-0.3, -0.25) is 4.79 Å². The number of thiol groups is 1. The van der Waals surface area contributed by atoms with Gasteiger partial charge in [0.15, 0.2) is 5.16 Å².